The number of nitrogens with zero attached hydrogens (tertiary/aromatic N) is 1. The third kappa shape index (κ3) is 6.20. The van der Waals surface area contributed by atoms with E-state index in [-0.39, 0.29) is 18.4 Å². The van der Waals surface area contributed by atoms with Gasteiger partial charge in [0.25, 0.3) is 0 Å². The number of rotatable bonds is 5. The van der Waals surface area contributed by atoms with Crippen LogP contribution in [0.1, 0.15) is 45.5 Å². The normalized spacial score (nSPS) is 12.6. The molecule has 2 N–H and O–H groups in total. The van der Waals surface area contributed by atoms with Gasteiger partial charge in [0, 0.05) is 30.9 Å². The fourth-order valence-electron chi connectivity index (χ4n) is 1.94. The van der Waals surface area contributed by atoms with Gasteiger partial charge in [-0.3, -0.25) is 4.79 Å². The minimum Gasteiger partial charge on any atom is -0.444 e. The molecule has 6 heteroatoms. The Kier molecular flexibility index (Phi) is 6.02. The summed E-state index contributed by atoms with van der Waals surface area (Å²) in [5.74, 6) is -0.109. The van der Waals surface area contributed by atoms with Crippen molar-refractivity contribution in [1.29, 1.82) is 0 Å². The highest BCUT2D eigenvalue weighted by Gasteiger charge is 2.18. The van der Waals surface area contributed by atoms with E-state index in [2.05, 4.69) is 10.6 Å². The minimum absolute atomic E-state index is 0.109. The van der Waals surface area contributed by atoms with Crippen molar-refractivity contribution in [2.75, 3.05) is 0 Å². The van der Waals surface area contributed by atoms with Crippen molar-refractivity contribution < 1.29 is 14.3 Å². The number of hydrogen-bond donors (Lipinski definition) is 2. The summed E-state index contributed by atoms with van der Waals surface area (Å²) in [7, 11) is 1.96. The number of nitrogens with one attached hydrogen (secondary N) is 2. The summed E-state index contributed by atoms with van der Waals surface area (Å²) in [6, 6.07) is 3.71. The van der Waals surface area contributed by atoms with E-state index in [0.717, 1.165) is 11.4 Å². The molecule has 2 amide bonds. The fraction of sp³-hybridized carbons (Fsp3) is 0.625. The second-order valence-electron chi connectivity index (χ2n) is 6.55. The molecule has 1 rings (SSSR count). The summed E-state index contributed by atoms with van der Waals surface area (Å²) in [6.45, 7) is 9.65. The molecule has 22 heavy (non-hydrogen) atoms. The predicted octanol–water partition coefficient (Wildman–Crippen LogP) is 2.25. The molecule has 0 radical (unpaired) electrons. The lowest BCUT2D eigenvalue weighted by Crippen LogP contribution is -2.40. The summed E-state index contributed by atoms with van der Waals surface area (Å²) < 4.78 is 7.18. The Bertz CT molecular complexity index is 529. The van der Waals surface area contributed by atoms with Crippen LogP contribution in [0.5, 0.6) is 0 Å². The molecule has 0 saturated carbocycles. The molecule has 1 aromatic rings. The van der Waals surface area contributed by atoms with Crippen LogP contribution >= 0.6 is 0 Å². The largest absolute Gasteiger partial charge is 0.444 e. The average molecular weight is 309 g/mol. The molecule has 1 atom stereocenters. The summed E-state index contributed by atoms with van der Waals surface area (Å²) in [4.78, 5) is 23.5. The van der Waals surface area contributed by atoms with Crippen molar-refractivity contribution >= 4 is 12.0 Å². The highest BCUT2D eigenvalue weighted by Crippen LogP contribution is 2.07. The molecule has 0 bridgehead atoms. The van der Waals surface area contributed by atoms with Gasteiger partial charge in [0.1, 0.15) is 5.60 Å². The van der Waals surface area contributed by atoms with Crippen LogP contribution in [0.2, 0.25) is 0 Å². The Morgan fingerprint density at radius 2 is 1.95 bits per heavy atom. The number of aryl methyl sites for hydroxylation is 1. The van der Waals surface area contributed by atoms with Gasteiger partial charge in [0.15, 0.2) is 0 Å². The highest BCUT2D eigenvalue weighted by molar-refractivity contribution is 5.77. The topological polar surface area (TPSA) is 72.4 Å². The first-order valence-electron chi connectivity index (χ1n) is 7.46. The van der Waals surface area contributed by atoms with Gasteiger partial charge in [0.05, 0.1) is 6.54 Å². The van der Waals surface area contributed by atoms with Crippen LogP contribution in [0.25, 0.3) is 0 Å². The molecular formula is C16H27N3O3. The molecule has 0 unspecified atom stereocenters. The third-order valence-electron chi connectivity index (χ3n) is 3.20. The van der Waals surface area contributed by atoms with Gasteiger partial charge < -0.3 is 19.9 Å². The maximum Gasteiger partial charge on any atom is 0.407 e. The van der Waals surface area contributed by atoms with Gasteiger partial charge in [-0.1, -0.05) is 0 Å². The van der Waals surface area contributed by atoms with E-state index in [0.29, 0.717) is 6.54 Å². The van der Waals surface area contributed by atoms with E-state index >= 15 is 0 Å². The molecule has 0 fully saturated rings. The first-order chi connectivity index (χ1) is 10.1. The van der Waals surface area contributed by atoms with E-state index in [1.54, 1.807) is 27.7 Å². The van der Waals surface area contributed by atoms with Gasteiger partial charge in [-0.25, -0.2) is 4.79 Å². The molecule has 6 nitrogen and oxygen atoms in total. The number of hydrogen-bond acceptors (Lipinski definition) is 3. The number of amides is 2. The Balaban J connectivity index is 2.35. The van der Waals surface area contributed by atoms with Crippen molar-refractivity contribution in [3.63, 3.8) is 0 Å². The van der Waals surface area contributed by atoms with E-state index in [1.807, 2.05) is 30.7 Å². The molecular weight excluding hydrogens is 282 g/mol. The number of aromatic nitrogens is 1. The van der Waals surface area contributed by atoms with Crippen molar-refractivity contribution in [3.8, 4) is 0 Å². The lowest BCUT2D eigenvalue weighted by atomic mass is 10.2. The van der Waals surface area contributed by atoms with E-state index < -0.39 is 11.7 Å². The minimum atomic E-state index is -0.545. The number of ether oxygens (including phenoxy) is 1. The second-order valence-corrected chi connectivity index (χ2v) is 6.55. The molecule has 0 aliphatic carbocycles. The molecule has 0 aliphatic rings. The van der Waals surface area contributed by atoms with Crippen LogP contribution < -0.4 is 10.6 Å². The zero-order valence-electron chi connectivity index (χ0n) is 14.3. The van der Waals surface area contributed by atoms with E-state index in [1.165, 1.54) is 0 Å². The Morgan fingerprint density at radius 1 is 1.32 bits per heavy atom. The maximum atomic E-state index is 11.9. The maximum absolute atomic E-state index is 11.9. The van der Waals surface area contributed by atoms with Crippen molar-refractivity contribution in [2.45, 2.75) is 59.2 Å². The molecule has 1 aromatic heterocycles. The molecule has 0 spiro atoms. The van der Waals surface area contributed by atoms with Crippen molar-refractivity contribution in [2.24, 2.45) is 7.05 Å². The monoisotopic (exact) mass is 309 g/mol. The van der Waals surface area contributed by atoms with Crippen LogP contribution in [-0.4, -0.2) is 28.2 Å². The molecule has 1 heterocycles. The number of carbonyl (C=O) groups is 2. The van der Waals surface area contributed by atoms with Crippen LogP contribution in [0, 0.1) is 6.92 Å². The van der Waals surface area contributed by atoms with Crippen LogP contribution in [0.3, 0.4) is 0 Å². The zero-order valence-corrected chi connectivity index (χ0v) is 14.3. The van der Waals surface area contributed by atoms with Crippen LogP contribution in [-0.2, 0) is 23.1 Å². The van der Waals surface area contributed by atoms with Crippen molar-refractivity contribution in [3.05, 3.63) is 23.5 Å². The second kappa shape index (κ2) is 7.33. The standard InChI is InChI=1S/C16H27N3O3/c1-11(18-15(21)22-16(3,4)5)9-14(20)17-10-13-8-7-12(2)19(13)6/h7-8,11H,9-10H2,1-6H3,(H,17,20)(H,18,21)/t11-/m0/s1. The summed E-state index contributed by atoms with van der Waals surface area (Å²) >= 11 is 0. The summed E-state index contributed by atoms with van der Waals surface area (Å²) in [5, 5.41) is 5.51. The van der Waals surface area contributed by atoms with Crippen LogP contribution in [0.4, 0.5) is 4.79 Å². The lowest BCUT2D eigenvalue weighted by molar-refractivity contribution is -0.121. The Hall–Kier alpha value is -1.98. The Labute approximate surface area is 132 Å². The number of carbonyl (C=O) groups excluding carboxylic acids is 2. The molecule has 0 saturated heterocycles. The summed E-state index contributed by atoms with van der Waals surface area (Å²) in [5.41, 5.74) is 1.64. The first kappa shape index (κ1) is 18.1. The highest BCUT2D eigenvalue weighted by atomic mass is 16.6. The van der Waals surface area contributed by atoms with Crippen LogP contribution in [0.15, 0.2) is 12.1 Å². The smallest absolute Gasteiger partial charge is 0.407 e. The third-order valence-corrected chi connectivity index (χ3v) is 3.20. The van der Waals surface area contributed by atoms with E-state index in [9.17, 15) is 9.59 Å². The van der Waals surface area contributed by atoms with Gasteiger partial charge in [-0.2, -0.15) is 0 Å². The van der Waals surface area contributed by atoms with Gasteiger partial charge in [-0.05, 0) is 46.8 Å². The molecule has 0 aromatic carbocycles. The SMILES string of the molecule is Cc1ccc(CNC(=O)C[C@H](C)NC(=O)OC(C)(C)C)n1C. The average Bonchev–Trinajstić information content (AvgIpc) is 2.64. The van der Waals surface area contributed by atoms with Gasteiger partial charge in [0.2, 0.25) is 5.91 Å². The quantitative estimate of drug-likeness (QED) is 0.876. The van der Waals surface area contributed by atoms with E-state index in [4.69, 9.17) is 4.74 Å². The Morgan fingerprint density at radius 3 is 2.45 bits per heavy atom. The lowest BCUT2D eigenvalue weighted by Gasteiger charge is -2.21. The van der Waals surface area contributed by atoms with Gasteiger partial charge >= 0.3 is 6.09 Å². The number of alkyl carbamates (subject to hydrolysis) is 1. The first-order valence-corrected chi connectivity index (χ1v) is 7.46. The summed E-state index contributed by atoms with van der Waals surface area (Å²) in [6.07, 6.45) is -0.298. The molecule has 124 valence electrons. The fourth-order valence-corrected chi connectivity index (χ4v) is 1.94. The van der Waals surface area contributed by atoms with Gasteiger partial charge in [-0.15, -0.1) is 0 Å². The predicted molar refractivity (Wildman–Crippen MR) is 85.4 cm³/mol. The molecule has 0 aliphatic heterocycles. The van der Waals surface area contributed by atoms with Crippen molar-refractivity contribution in [1.82, 2.24) is 15.2 Å². The zero-order chi connectivity index (χ0) is 16.9.